The number of allylic oxidation sites excluding steroid dienone is 2. The second-order valence-electron chi connectivity index (χ2n) is 14.8. The summed E-state index contributed by atoms with van der Waals surface area (Å²) < 4.78 is 17.5. The maximum absolute atomic E-state index is 13.2. The molecule has 4 aliphatic rings. The number of aliphatic hydroxyl groups is 4. The van der Waals surface area contributed by atoms with Crippen LogP contribution >= 0.6 is 0 Å². The van der Waals surface area contributed by atoms with Crippen LogP contribution in [0.4, 0.5) is 4.79 Å². The zero-order chi connectivity index (χ0) is 34.5. The summed E-state index contributed by atoms with van der Waals surface area (Å²) >= 11 is 0. The molecule has 0 radical (unpaired) electrons. The Morgan fingerprint density at radius 3 is 2.53 bits per heavy atom. The van der Waals surface area contributed by atoms with Crippen LogP contribution in [-0.4, -0.2) is 122 Å². The van der Waals surface area contributed by atoms with Gasteiger partial charge in [0.25, 0.3) is 0 Å². The number of cyclic esters (lactones) is 1. The van der Waals surface area contributed by atoms with Crippen molar-refractivity contribution in [2.45, 2.75) is 140 Å². The maximum atomic E-state index is 13.2. The van der Waals surface area contributed by atoms with Crippen LogP contribution in [-0.2, 0) is 19.0 Å². The lowest BCUT2D eigenvalue weighted by molar-refractivity contribution is -0.151. The third kappa shape index (κ3) is 10.9. The first kappa shape index (κ1) is 37.5. The molecular weight excluding hydrogens is 604 g/mol. The van der Waals surface area contributed by atoms with Crippen molar-refractivity contribution in [2.24, 2.45) is 11.8 Å². The number of ether oxygens (including phenoxy) is 3. The van der Waals surface area contributed by atoms with Crippen molar-refractivity contribution in [1.29, 1.82) is 0 Å². The number of aliphatic hydroxyl groups excluding tert-OH is 2. The highest BCUT2D eigenvalue weighted by Gasteiger charge is 2.47. The monoisotopic (exact) mass is 662 g/mol. The van der Waals surface area contributed by atoms with Crippen molar-refractivity contribution in [3.63, 3.8) is 0 Å². The Hall–Kier alpha value is -2.28. The molecule has 3 fully saturated rings. The number of esters is 1. The number of carbonyl (C=O) groups excluding carboxylic acids is 2. The largest absolute Gasteiger partial charge is 0.457 e. The Morgan fingerprint density at radius 1 is 1.21 bits per heavy atom. The van der Waals surface area contributed by atoms with Gasteiger partial charge in [-0.15, -0.1) is 0 Å². The first-order valence-corrected chi connectivity index (χ1v) is 17.5. The molecule has 3 aliphatic heterocycles. The third-order valence-electron chi connectivity index (χ3n) is 10.2. The van der Waals surface area contributed by atoms with Gasteiger partial charge >= 0.3 is 12.1 Å². The van der Waals surface area contributed by atoms with Crippen LogP contribution in [0.2, 0.25) is 0 Å². The normalized spacial score (nSPS) is 36.4. The Morgan fingerprint density at radius 2 is 1.89 bits per heavy atom. The smallest absolute Gasteiger partial charge is 0.410 e. The summed E-state index contributed by atoms with van der Waals surface area (Å²) in [4.78, 5) is 30.1. The molecular formula is C36H58N2O9. The zero-order valence-electron chi connectivity index (χ0n) is 29.1. The van der Waals surface area contributed by atoms with E-state index in [2.05, 4.69) is 4.90 Å². The zero-order valence-corrected chi connectivity index (χ0v) is 29.1. The van der Waals surface area contributed by atoms with Gasteiger partial charge in [-0.2, -0.15) is 0 Å². The molecule has 4 N–H and O–H groups in total. The number of hydrogen-bond acceptors (Lipinski definition) is 10. The minimum Gasteiger partial charge on any atom is -0.457 e. The number of amides is 1. The summed E-state index contributed by atoms with van der Waals surface area (Å²) in [6, 6.07) is 0.638. The summed E-state index contributed by atoms with van der Waals surface area (Å²) in [5, 5.41) is 43.2. The predicted molar refractivity (Wildman–Crippen MR) is 177 cm³/mol. The van der Waals surface area contributed by atoms with Crippen LogP contribution in [0.5, 0.6) is 0 Å². The highest BCUT2D eigenvalue weighted by Crippen LogP contribution is 2.37. The lowest BCUT2D eigenvalue weighted by Crippen LogP contribution is -2.51. The fourth-order valence-corrected chi connectivity index (χ4v) is 6.69. The van der Waals surface area contributed by atoms with Crippen molar-refractivity contribution in [3.05, 3.63) is 36.0 Å². The van der Waals surface area contributed by atoms with Gasteiger partial charge in [-0.25, -0.2) is 4.79 Å². The van der Waals surface area contributed by atoms with Crippen LogP contribution in [0.25, 0.3) is 0 Å². The number of piperazine rings is 1. The summed E-state index contributed by atoms with van der Waals surface area (Å²) in [7, 11) is 0. The molecule has 266 valence electrons. The molecule has 0 aromatic rings. The second-order valence-corrected chi connectivity index (χ2v) is 14.8. The molecule has 10 unspecified atom stereocenters. The average molecular weight is 663 g/mol. The number of epoxide rings is 1. The fourth-order valence-electron chi connectivity index (χ4n) is 6.69. The molecule has 0 aromatic carbocycles. The number of nitrogens with zero attached hydrogens (tertiary/aromatic N) is 2. The van der Waals surface area contributed by atoms with Gasteiger partial charge in [0.1, 0.15) is 11.7 Å². The highest BCUT2D eigenvalue weighted by atomic mass is 16.6. The third-order valence-corrected chi connectivity index (χ3v) is 10.2. The van der Waals surface area contributed by atoms with Crippen molar-refractivity contribution in [3.8, 4) is 0 Å². The first-order chi connectivity index (χ1) is 22.1. The van der Waals surface area contributed by atoms with E-state index in [1.165, 1.54) is 12.8 Å². The van der Waals surface area contributed by atoms with E-state index >= 15 is 0 Å². The number of rotatable bonds is 10. The van der Waals surface area contributed by atoms with E-state index in [1.807, 2.05) is 27.7 Å². The number of hydrogen-bond donors (Lipinski definition) is 4. The number of carbonyl (C=O) groups is 2. The highest BCUT2D eigenvalue weighted by molar-refractivity contribution is 5.70. The molecule has 0 bridgehead atoms. The van der Waals surface area contributed by atoms with Gasteiger partial charge in [0.15, 0.2) is 6.10 Å². The van der Waals surface area contributed by atoms with Gasteiger partial charge in [0, 0.05) is 50.5 Å². The van der Waals surface area contributed by atoms with Crippen LogP contribution < -0.4 is 0 Å². The molecule has 1 amide bonds. The maximum Gasteiger partial charge on any atom is 0.410 e. The van der Waals surface area contributed by atoms with E-state index in [0.717, 1.165) is 13.1 Å². The topological polar surface area (TPSA) is 153 Å². The molecule has 10 atom stereocenters. The van der Waals surface area contributed by atoms with E-state index < -0.39 is 47.7 Å². The molecule has 11 heteroatoms. The fraction of sp³-hybridized carbons (Fsp3) is 0.778. The first-order valence-electron chi connectivity index (χ1n) is 17.5. The molecule has 1 saturated carbocycles. The Balaban J connectivity index is 1.44. The summed E-state index contributed by atoms with van der Waals surface area (Å²) in [6.45, 7) is 13.6. The van der Waals surface area contributed by atoms with Crippen molar-refractivity contribution in [2.75, 3.05) is 26.2 Å². The summed E-state index contributed by atoms with van der Waals surface area (Å²) in [6.07, 6.45) is 8.26. The molecule has 11 nitrogen and oxygen atoms in total. The van der Waals surface area contributed by atoms with Crippen LogP contribution in [0, 0.1) is 11.8 Å². The van der Waals surface area contributed by atoms with Gasteiger partial charge in [-0.05, 0) is 64.5 Å². The van der Waals surface area contributed by atoms with Crippen LogP contribution in [0.3, 0.4) is 0 Å². The Bertz CT molecular complexity index is 1160. The Labute approximate surface area is 280 Å². The van der Waals surface area contributed by atoms with Crippen molar-refractivity contribution >= 4 is 12.1 Å². The van der Waals surface area contributed by atoms with E-state index in [9.17, 15) is 30.0 Å². The molecule has 4 rings (SSSR count). The predicted octanol–water partition coefficient (Wildman–Crippen LogP) is 3.49. The summed E-state index contributed by atoms with van der Waals surface area (Å²) in [5.74, 6) is -0.933. The molecule has 47 heavy (non-hydrogen) atoms. The molecule has 0 aromatic heterocycles. The van der Waals surface area contributed by atoms with E-state index in [4.69, 9.17) is 14.2 Å². The quantitative estimate of drug-likeness (QED) is 0.118. The minimum atomic E-state index is -1.48. The van der Waals surface area contributed by atoms with Gasteiger partial charge < -0.3 is 39.5 Å². The molecule has 2 saturated heterocycles. The van der Waals surface area contributed by atoms with Crippen molar-refractivity contribution < 1.29 is 44.2 Å². The summed E-state index contributed by atoms with van der Waals surface area (Å²) in [5.41, 5.74) is -1.92. The average Bonchev–Trinajstić information content (AvgIpc) is 3.95. The Kier molecular flexibility index (Phi) is 12.7. The van der Waals surface area contributed by atoms with E-state index in [-0.39, 0.29) is 43.3 Å². The van der Waals surface area contributed by atoms with Crippen LogP contribution in [0.1, 0.15) is 86.5 Å². The molecule has 3 heterocycles. The van der Waals surface area contributed by atoms with Gasteiger partial charge in [-0.3, -0.25) is 9.69 Å². The SMILES string of the molecule is CCC(O)C(C)C1OC1CC(C)(O)/C=C/C=C(\C)C1OC(=O)CC(O)CCC(C)(O)C(OC(=O)N2CCN(C3CC3)CC2)/C=C\C1C. The standard InChI is InChI=1S/C36H58N2O9/c1-7-28(40)25(4)33-29(45-33)22-35(5,43)15-8-9-23(2)32-24(3)10-13-30(36(6,44)16-14-27(39)21-31(41)47-32)46-34(42)38-19-17-37(18-20-38)26-11-12-26/h8-10,13,15,24-30,32-33,39-40,43-44H,7,11-12,14,16-22H2,1-6H3/b13-10-,15-8+,23-9+. The van der Waals surface area contributed by atoms with Gasteiger partial charge in [0.05, 0.1) is 36.4 Å². The van der Waals surface area contributed by atoms with Crippen LogP contribution in [0.15, 0.2) is 36.0 Å². The van der Waals surface area contributed by atoms with Crippen molar-refractivity contribution in [1.82, 2.24) is 9.80 Å². The van der Waals surface area contributed by atoms with Gasteiger partial charge in [0.2, 0.25) is 0 Å². The van der Waals surface area contributed by atoms with Gasteiger partial charge in [-0.1, -0.05) is 45.1 Å². The lowest BCUT2D eigenvalue weighted by atomic mass is 9.88. The second kappa shape index (κ2) is 16.0. The minimum absolute atomic E-state index is 0.00902. The van der Waals surface area contributed by atoms with E-state index in [0.29, 0.717) is 37.5 Å². The molecule has 1 aliphatic carbocycles. The molecule has 0 spiro atoms. The lowest BCUT2D eigenvalue weighted by Gasteiger charge is -2.37. The van der Waals surface area contributed by atoms with E-state index in [1.54, 1.807) is 49.1 Å².